The minimum atomic E-state index is -0.0329. The highest BCUT2D eigenvalue weighted by Crippen LogP contribution is 2.21. The van der Waals surface area contributed by atoms with Gasteiger partial charge in [-0.05, 0) is 46.8 Å². The molecule has 1 aromatic heterocycles. The van der Waals surface area contributed by atoms with E-state index in [-0.39, 0.29) is 5.91 Å². The van der Waals surface area contributed by atoms with Crippen LogP contribution in [-0.2, 0) is 9.47 Å². The van der Waals surface area contributed by atoms with Gasteiger partial charge in [-0.1, -0.05) is 0 Å². The van der Waals surface area contributed by atoms with Gasteiger partial charge in [0, 0.05) is 26.8 Å². The topological polar surface area (TPSA) is 51.9 Å². The van der Waals surface area contributed by atoms with Gasteiger partial charge >= 0.3 is 0 Å². The number of ether oxygens (including phenoxy) is 2. The lowest BCUT2D eigenvalue weighted by atomic mass is 9.97. The fourth-order valence-corrected chi connectivity index (χ4v) is 2.59. The number of carbonyl (C=O) groups excluding carboxylic acids is 1. The Morgan fingerprint density at radius 2 is 2.15 bits per heavy atom. The highest BCUT2D eigenvalue weighted by Gasteiger charge is 2.25. The normalized spacial score (nSPS) is 16.6. The van der Waals surface area contributed by atoms with E-state index in [0.29, 0.717) is 29.6 Å². The molecule has 0 saturated carbocycles. The fraction of sp³-hybridized carbons (Fsp3) is 0.643. The van der Waals surface area contributed by atoms with E-state index in [9.17, 15) is 4.79 Å². The average molecular weight is 346 g/mol. The van der Waals surface area contributed by atoms with E-state index >= 15 is 0 Å². The lowest BCUT2D eigenvalue weighted by molar-refractivity contribution is 0.0319. The van der Waals surface area contributed by atoms with E-state index in [1.54, 1.807) is 19.2 Å². The first-order valence-electron chi connectivity index (χ1n) is 6.82. The minimum Gasteiger partial charge on any atom is -0.444 e. The molecule has 2 rings (SSSR count). The molecule has 6 heteroatoms. The van der Waals surface area contributed by atoms with Gasteiger partial charge in [0.05, 0.1) is 13.2 Å². The third kappa shape index (κ3) is 4.33. The van der Waals surface area contributed by atoms with Crippen molar-refractivity contribution in [3.05, 3.63) is 22.6 Å². The fourth-order valence-electron chi connectivity index (χ4n) is 2.28. The van der Waals surface area contributed by atoms with E-state index in [4.69, 9.17) is 13.9 Å². The standard InChI is InChI=1S/C14H20BrNO4/c1-18-8-9-19-10-11-4-6-16(7-5-11)14(17)12-2-3-13(15)20-12/h2-3,11H,4-10H2,1H3. The van der Waals surface area contributed by atoms with Crippen molar-refractivity contribution in [1.29, 1.82) is 0 Å². The van der Waals surface area contributed by atoms with Gasteiger partial charge in [-0.15, -0.1) is 0 Å². The molecular weight excluding hydrogens is 326 g/mol. The molecule has 2 heterocycles. The van der Waals surface area contributed by atoms with Crippen LogP contribution in [0.1, 0.15) is 23.4 Å². The number of rotatable bonds is 6. The number of piperidine rings is 1. The SMILES string of the molecule is COCCOCC1CCN(C(=O)c2ccc(Br)o2)CC1. The molecule has 0 aromatic carbocycles. The van der Waals surface area contributed by atoms with Crippen LogP contribution < -0.4 is 0 Å². The van der Waals surface area contributed by atoms with Crippen LogP contribution in [-0.4, -0.2) is 50.8 Å². The van der Waals surface area contributed by atoms with Crippen LogP contribution >= 0.6 is 15.9 Å². The van der Waals surface area contributed by atoms with Crippen LogP contribution in [0.4, 0.5) is 0 Å². The summed E-state index contributed by atoms with van der Waals surface area (Å²) in [4.78, 5) is 14.0. The van der Waals surface area contributed by atoms with E-state index in [2.05, 4.69) is 15.9 Å². The number of hydrogen-bond acceptors (Lipinski definition) is 4. The molecule has 0 bridgehead atoms. The summed E-state index contributed by atoms with van der Waals surface area (Å²) < 4.78 is 16.4. The highest BCUT2D eigenvalue weighted by atomic mass is 79.9. The number of methoxy groups -OCH3 is 1. The Morgan fingerprint density at radius 1 is 1.40 bits per heavy atom. The van der Waals surface area contributed by atoms with E-state index in [1.165, 1.54) is 0 Å². The summed E-state index contributed by atoms with van der Waals surface area (Å²) in [5.74, 6) is 0.889. The van der Waals surface area contributed by atoms with E-state index in [0.717, 1.165) is 32.5 Å². The maximum absolute atomic E-state index is 12.2. The quantitative estimate of drug-likeness (QED) is 0.743. The second-order valence-electron chi connectivity index (χ2n) is 4.91. The first-order chi connectivity index (χ1) is 9.70. The van der Waals surface area contributed by atoms with Crippen molar-refractivity contribution < 1.29 is 18.7 Å². The van der Waals surface area contributed by atoms with Crippen LogP contribution in [0, 0.1) is 5.92 Å². The first-order valence-corrected chi connectivity index (χ1v) is 7.61. The Bertz CT molecular complexity index is 427. The van der Waals surface area contributed by atoms with Crippen molar-refractivity contribution in [2.75, 3.05) is 40.0 Å². The zero-order valence-corrected chi connectivity index (χ0v) is 13.2. The smallest absolute Gasteiger partial charge is 0.289 e. The van der Waals surface area contributed by atoms with Gasteiger partial charge in [0.2, 0.25) is 0 Å². The summed E-state index contributed by atoms with van der Waals surface area (Å²) in [6.45, 7) is 3.53. The molecule has 20 heavy (non-hydrogen) atoms. The predicted octanol–water partition coefficient (Wildman–Crippen LogP) is 2.56. The summed E-state index contributed by atoms with van der Waals surface area (Å²) in [6, 6.07) is 3.44. The number of amides is 1. The Labute approximate surface area is 127 Å². The second kappa shape index (κ2) is 7.81. The van der Waals surface area contributed by atoms with Gasteiger partial charge < -0.3 is 18.8 Å². The highest BCUT2D eigenvalue weighted by molar-refractivity contribution is 9.10. The molecule has 1 saturated heterocycles. The zero-order chi connectivity index (χ0) is 14.4. The molecule has 0 aliphatic carbocycles. The minimum absolute atomic E-state index is 0.0329. The Kier molecular flexibility index (Phi) is 6.06. The Morgan fingerprint density at radius 3 is 2.75 bits per heavy atom. The predicted molar refractivity (Wildman–Crippen MR) is 77.7 cm³/mol. The Hall–Kier alpha value is -0.850. The van der Waals surface area contributed by atoms with Gasteiger partial charge in [0.1, 0.15) is 0 Å². The maximum atomic E-state index is 12.2. The summed E-state index contributed by atoms with van der Waals surface area (Å²) in [6.07, 6.45) is 1.95. The van der Waals surface area contributed by atoms with Gasteiger partial charge in [-0.25, -0.2) is 0 Å². The monoisotopic (exact) mass is 345 g/mol. The van der Waals surface area contributed by atoms with Crippen molar-refractivity contribution in [1.82, 2.24) is 4.90 Å². The van der Waals surface area contributed by atoms with Crippen molar-refractivity contribution in [3.63, 3.8) is 0 Å². The van der Waals surface area contributed by atoms with Gasteiger partial charge in [-0.3, -0.25) is 4.79 Å². The summed E-state index contributed by atoms with van der Waals surface area (Å²) in [5.41, 5.74) is 0. The number of furan rings is 1. The van der Waals surface area contributed by atoms with Crippen molar-refractivity contribution >= 4 is 21.8 Å². The summed E-state index contributed by atoms with van der Waals surface area (Å²) in [5, 5.41) is 0. The molecule has 0 N–H and O–H groups in total. The first kappa shape index (κ1) is 15.5. The molecule has 5 nitrogen and oxygen atoms in total. The average Bonchev–Trinajstić information content (AvgIpc) is 2.90. The lowest BCUT2D eigenvalue weighted by Crippen LogP contribution is -2.39. The maximum Gasteiger partial charge on any atom is 0.289 e. The molecule has 0 spiro atoms. The molecule has 1 fully saturated rings. The van der Waals surface area contributed by atoms with E-state index < -0.39 is 0 Å². The van der Waals surface area contributed by atoms with Gasteiger partial charge in [0.15, 0.2) is 10.4 Å². The van der Waals surface area contributed by atoms with Crippen LogP contribution in [0.15, 0.2) is 21.2 Å². The number of hydrogen-bond donors (Lipinski definition) is 0. The third-order valence-electron chi connectivity index (χ3n) is 3.47. The van der Waals surface area contributed by atoms with Gasteiger partial charge in [-0.2, -0.15) is 0 Å². The Balaban J connectivity index is 1.72. The zero-order valence-electron chi connectivity index (χ0n) is 11.6. The van der Waals surface area contributed by atoms with E-state index in [1.807, 2.05) is 4.90 Å². The molecule has 0 atom stereocenters. The van der Waals surface area contributed by atoms with Crippen LogP contribution in [0.3, 0.4) is 0 Å². The molecule has 1 aliphatic rings. The second-order valence-corrected chi connectivity index (χ2v) is 5.69. The van der Waals surface area contributed by atoms with Crippen LogP contribution in [0.25, 0.3) is 0 Å². The number of likely N-dealkylation sites (tertiary alicyclic amines) is 1. The largest absolute Gasteiger partial charge is 0.444 e. The molecule has 112 valence electrons. The van der Waals surface area contributed by atoms with Crippen molar-refractivity contribution in [3.8, 4) is 0 Å². The molecule has 0 unspecified atom stereocenters. The summed E-state index contributed by atoms with van der Waals surface area (Å²) in [7, 11) is 1.67. The molecule has 1 aliphatic heterocycles. The molecular formula is C14H20BrNO4. The summed E-state index contributed by atoms with van der Waals surface area (Å²) >= 11 is 3.21. The number of carbonyl (C=O) groups is 1. The molecule has 1 aromatic rings. The van der Waals surface area contributed by atoms with Gasteiger partial charge in [0.25, 0.3) is 5.91 Å². The van der Waals surface area contributed by atoms with Crippen LogP contribution in [0.2, 0.25) is 0 Å². The molecule has 0 radical (unpaired) electrons. The molecule has 1 amide bonds. The number of halogens is 1. The van der Waals surface area contributed by atoms with Crippen LogP contribution in [0.5, 0.6) is 0 Å². The number of nitrogens with zero attached hydrogens (tertiary/aromatic N) is 1. The van der Waals surface area contributed by atoms with Crippen molar-refractivity contribution in [2.24, 2.45) is 5.92 Å². The third-order valence-corrected chi connectivity index (χ3v) is 3.90. The lowest BCUT2D eigenvalue weighted by Gasteiger charge is -2.31. The van der Waals surface area contributed by atoms with Crippen molar-refractivity contribution in [2.45, 2.75) is 12.8 Å².